The molecule has 0 unspecified atom stereocenters. The molecule has 1 aliphatic rings. The second-order valence-electron chi connectivity index (χ2n) is 6.87. The summed E-state index contributed by atoms with van der Waals surface area (Å²) in [5, 5.41) is 14.0. The largest absolute Gasteiger partial charge is 0.434 e. The van der Waals surface area contributed by atoms with Crippen molar-refractivity contribution in [3.63, 3.8) is 0 Å². The second-order valence-corrected chi connectivity index (χ2v) is 7.68. The zero-order valence-corrected chi connectivity index (χ0v) is 18.2. The van der Waals surface area contributed by atoms with Crippen molar-refractivity contribution in [3.8, 4) is 22.8 Å². The van der Waals surface area contributed by atoms with Gasteiger partial charge in [-0.05, 0) is 24.6 Å². The van der Waals surface area contributed by atoms with Gasteiger partial charge in [0.15, 0.2) is 11.6 Å². The van der Waals surface area contributed by atoms with E-state index in [4.69, 9.17) is 33.7 Å². The third-order valence-corrected chi connectivity index (χ3v) is 5.06. The van der Waals surface area contributed by atoms with E-state index in [1.807, 2.05) is 31.2 Å². The van der Waals surface area contributed by atoms with E-state index in [1.54, 1.807) is 0 Å². The highest BCUT2D eigenvalue weighted by Gasteiger charge is 2.25. The highest BCUT2D eigenvalue weighted by molar-refractivity contribution is 6.37. The number of aromatic amines is 1. The number of aryl methyl sites for hydroxylation is 1. The van der Waals surface area contributed by atoms with Gasteiger partial charge in [-0.25, -0.2) is 9.89 Å². The normalized spacial score (nSPS) is 13.6. The maximum atomic E-state index is 12.2. The summed E-state index contributed by atoms with van der Waals surface area (Å²) in [4.78, 5) is 24.1. The molecule has 0 spiro atoms. The topological polar surface area (TPSA) is 126 Å². The lowest BCUT2D eigenvalue weighted by atomic mass is 10.1. The van der Waals surface area contributed by atoms with Gasteiger partial charge in [0.2, 0.25) is 5.88 Å². The SMILES string of the molecule is C=C1NC(=O)N(c2cc(Cl)c(Oc3n[nH]c(=O)cc3-c3cccc(C)c3)c(Cl)c2)N=C1N. The number of urea groups is 1. The number of ether oxygens (including phenoxy) is 1. The van der Waals surface area contributed by atoms with Crippen LogP contribution in [0.25, 0.3) is 11.1 Å². The molecule has 0 saturated heterocycles. The fraction of sp³-hybridized carbons (Fsp3) is 0.0476. The van der Waals surface area contributed by atoms with Crippen LogP contribution < -0.4 is 26.4 Å². The maximum Gasteiger partial charge on any atom is 0.347 e. The number of rotatable bonds is 4. The molecule has 2 heterocycles. The summed E-state index contributed by atoms with van der Waals surface area (Å²) >= 11 is 12.8. The van der Waals surface area contributed by atoms with Crippen LogP contribution in [0.3, 0.4) is 0 Å². The molecular weight excluding hydrogens is 455 g/mol. The first-order valence-corrected chi connectivity index (χ1v) is 9.96. The Kier molecular flexibility index (Phi) is 5.60. The van der Waals surface area contributed by atoms with Crippen molar-refractivity contribution >= 4 is 40.8 Å². The van der Waals surface area contributed by atoms with Crippen LogP contribution in [0.15, 0.2) is 64.6 Å². The smallest absolute Gasteiger partial charge is 0.347 e. The molecule has 4 rings (SSSR count). The van der Waals surface area contributed by atoms with Crippen molar-refractivity contribution in [2.45, 2.75) is 6.92 Å². The van der Waals surface area contributed by atoms with E-state index in [2.05, 4.69) is 27.2 Å². The molecule has 11 heteroatoms. The van der Waals surface area contributed by atoms with Gasteiger partial charge >= 0.3 is 6.03 Å². The first-order valence-electron chi connectivity index (χ1n) is 9.21. The number of hydrogen-bond acceptors (Lipinski definition) is 6. The van der Waals surface area contributed by atoms with E-state index in [0.717, 1.165) is 16.1 Å². The van der Waals surface area contributed by atoms with Gasteiger partial charge in [0.1, 0.15) is 0 Å². The summed E-state index contributed by atoms with van der Waals surface area (Å²) in [6.07, 6.45) is 0. The van der Waals surface area contributed by atoms with Gasteiger partial charge in [-0.2, -0.15) is 5.01 Å². The van der Waals surface area contributed by atoms with Crippen LogP contribution in [0, 0.1) is 6.92 Å². The lowest BCUT2D eigenvalue weighted by Gasteiger charge is -2.24. The van der Waals surface area contributed by atoms with E-state index in [0.29, 0.717) is 5.56 Å². The predicted molar refractivity (Wildman–Crippen MR) is 123 cm³/mol. The van der Waals surface area contributed by atoms with Crippen molar-refractivity contribution < 1.29 is 9.53 Å². The zero-order valence-electron chi connectivity index (χ0n) is 16.6. The molecule has 2 aromatic carbocycles. The van der Waals surface area contributed by atoms with Crippen molar-refractivity contribution in [3.05, 3.63) is 80.7 Å². The maximum absolute atomic E-state index is 12.2. The molecule has 4 N–H and O–H groups in total. The standard InChI is InChI=1S/C21H16Cl2N6O3/c1-10-4-3-5-12(6-10)14-9-17(30)26-27-20(14)32-18-15(22)7-13(8-16(18)23)29-21(31)25-11(2)19(24)28-29/h3-9H,2H2,1H3,(H2,24,28)(H,25,31)(H,26,30). The predicted octanol–water partition coefficient (Wildman–Crippen LogP) is 4.16. The lowest BCUT2D eigenvalue weighted by Crippen LogP contribution is -2.45. The molecular formula is C21H16Cl2N6O3. The number of halogens is 2. The van der Waals surface area contributed by atoms with E-state index in [1.165, 1.54) is 18.2 Å². The van der Waals surface area contributed by atoms with Crippen LogP contribution in [0.2, 0.25) is 10.0 Å². The summed E-state index contributed by atoms with van der Waals surface area (Å²) in [5.41, 5.74) is 7.98. The van der Waals surface area contributed by atoms with Crippen LogP contribution in [-0.4, -0.2) is 22.1 Å². The minimum absolute atomic E-state index is 0.0393. The summed E-state index contributed by atoms with van der Waals surface area (Å²) in [6.45, 7) is 5.52. The zero-order chi connectivity index (χ0) is 23.0. The Hall–Kier alpha value is -3.82. The van der Waals surface area contributed by atoms with Gasteiger partial charge in [-0.3, -0.25) is 4.79 Å². The summed E-state index contributed by atoms with van der Waals surface area (Å²) in [6, 6.07) is 11.2. The molecule has 0 radical (unpaired) electrons. The Balaban J connectivity index is 1.73. The van der Waals surface area contributed by atoms with E-state index >= 15 is 0 Å². The molecule has 3 aromatic rings. The van der Waals surface area contributed by atoms with E-state index in [-0.39, 0.29) is 38.9 Å². The average Bonchev–Trinajstić information content (AvgIpc) is 2.74. The van der Waals surface area contributed by atoms with Crippen molar-refractivity contribution in [1.82, 2.24) is 15.5 Å². The number of hydrogen-bond donors (Lipinski definition) is 3. The average molecular weight is 471 g/mol. The van der Waals surface area contributed by atoms with Crippen molar-refractivity contribution in [2.24, 2.45) is 10.8 Å². The van der Waals surface area contributed by atoms with Gasteiger partial charge < -0.3 is 15.8 Å². The number of carbonyl (C=O) groups is 1. The van der Waals surface area contributed by atoms with Crippen LogP contribution in [0.4, 0.5) is 10.5 Å². The molecule has 162 valence electrons. The molecule has 0 atom stereocenters. The number of hydrazone groups is 1. The molecule has 32 heavy (non-hydrogen) atoms. The fourth-order valence-electron chi connectivity index (χ4n) is 2.99. The minimum atomic E-state index is -0.575. The number of aromatic nitrogens is 2. The van der Waals surface area contributed by atoms with Gasteiger partial charge in [-0.1, -0.05) is 59.6 Å². The Labute approximate surface area is 192 Å². The van der Waals surface area contributed by atoms with E-state index < -0.39 is 11.6 Å². The molecule has 0 saturated carbocycles. The van der Waals surface area contributed by atoms with E-state index in [9.17, 15) is 9.59 Å². The van der Waals surface area contributed by atoms with Crippen molar-refractivity contribution in [1.29, 1.82) is 0 Å². The third kappa shape index (κ3) is 4.16. The van der Waals surface area contributed by atoms with Gasteiger partial charge in [0.05, 0.1) is 27.0 Å². The molecule has 2 amide bonds. The first-order chi connectivity index (χ1) is 15.2. The van der Waals surface area contributed by atoms with Crippen LogP contribution in [0.5, 0.6) is 11.6 Å². The fourth-order valence-corrected chi connectivity index (χ4v) is 3.54. The number of nitrogens with two attached hydrogens (primary N) is 1. The molecule has 9 nitrogen and oxygen atoms in total. The molecule has 1 aliphatic heterocycles. The van der Waals surface area contributed by atoms with Crippen LogP contribution >= 0.6 is 23.2 Å². The lowest BCUT2D eigenvalue weighted by molar-refractivity contribution is 0.248. The number of nitrogens with one attached hydrogen (secondary N) is 2. The molecule has 0 bridgehead atoms. The van der Waals surface area contributed by atoms with Crippen molar-refractivity contribution in [2.75, 3.05) is 5.01 Å². The highest BCUT2D eigenvalue weighted by atomic mass is 35.5. The summed E-state index contributed by atoms with van der Waals surface area (Å²) in [5.74, 6) is 0.225. The Morgan fingerprint density at radius 1 is 1.12 bits per heavy atom. The number of carbonyl (C=O) groups excluding carboxylic acids is 1. The number of H-pyrrole nitrogens is 1. The van der Waals surface area contributed by atoms with Gasteiger partial charge in [0, 0.05) is 6.07 Å². The minimum Gasteiger partial charge on any atom is -0.434 e. The molecule has 0 aliphatic carbocycles. The number of amides is 2. The number of anilines is 1. The van der Waals surface area contributed by atoms with Gasteiger partial charge in [0.25, 0.3) is 5.56 Å². The monoisotopic (exact) mass is 470 g/mol. The highest BCUT2D eigenvalue weighted by Crippen LogP contribution is 2.41. The Morgan fingerprint density at radius 3 is 2.53 bits per heavy atom. The Bertz CT molecular complexity index is 1330. The summed E-state index contributed by atoms with van der Waals surface area (Å²) in [7, 11) is 0. The second kappa shape index (κ2) is 8.37. The van der Waals surface area contributed by atoms with Gasteiger partial charge in [-0.15, -0.1) is 10.2 Å². The number of benzene rings is 2. The number of amidine groups is 1. The first kappa shape index (κ1) is 21.4. The quantitative estimate of drug-likeness (QED) is 0.527. The van der Waals surface area contributed by atoms with Crippen LogP contribution in [0.1, 0.15) is 5.56 Å². The third-order valence-electron chi connectivity index (χ3n) is 4.50. The molecule has 0 fully saturated rings. The summed E-state index contributed by atoms with van der Waals surface area (Å²) < 4.78 is 5.89. The molecule has 1 aromatic heterocycles. The Morgan fingerprint density at radius 2 is 1.84 bits per heavy atom. The number of nitrogens with zero attached hydrogens (tertiary/aromatic N) is 3. The van der Waals surface area contributed by atoms with Crippen LogP contribution in [-0.2, 0) is 0 Å².